The monoisotopic (exact) mass is 360 g/mol. The lowest BCUT2D eigenvalue weighted by Gasteiger charge is -2.17. The molecule has 0 unspecified atom stereocenters. The number of carbonyl (C=O) groups is 2. The molecule has 0 radical (unpaired) electrons. The molecule has 0 bridgehead atoms. The lowest BCUT2D eigenvalue weighted by Crippen LogP contribution is -2.12. The highest BCUT2D eigenvalue weighted by molar-refractivity contribution is 7.12. The van der Waals surface area contributed by atoms with Crippen molar-refractivity contribution in [2.45, 2.75) is 26.7 Å². The molecule has 1 aromatic heterocycles. The summed E-state index contributed by atoms with van der Waals surface area (Å²) >= 11 is 1.30. The number of hydrogen-bond donors (Lipinski definition) is 2. The topological polar surface area (TPSA) is 83.8 Å². The molecule has 25 heavy (non-hydrogen) atoms. The predicted molar refractivity (Wildman–Crippen MR) is 97.1 cm³/mol. The molecule has 1 aromatic carbocycles. The second kappa shape index (κ2) is 7.98. The number of carboxylic acids is 1. The summed E-state index contributed by atoms with van der Waals surface area (Å²) in [4.78, 5) is 24.8. The molecule has 0 saturated carbocycles. The number of hydrogen-bond acceptors (Lipinski definition) is 5. The molecule has 2 aromatic rings. The molecule has 0 aliphatic heterocycles. The van der Waals surface area contributed by atoms with Gasteiger partial charge in [-0.05, 0) is 37.3 Å². The Kier molecular flexibility index (Phi) is 5.98. The number of carboxylic acid groups (broad SMARTS) is 1. The van der Waals surface area contributed by atoms with Crippen LogP contribution in [0.15, 0.2) is 35.2 Å². The third-order valence-electron chi connectivity index (χ3n) is 3.77. The molecule has 5 nitrogen and oxygen atoms in total. The van der Waals surface area contributed by atoms with E-state index in [4.69, 9.17) is 4.74 Å². The van der Waals surface area contributed by atoms with Crippen LogP contribution in [0.3, 0.4) is 0 Å². The Labute approximate surface area is 150 Å². The number of ketones is 1. The predicted octanol–water partition coefficient (Wildman–Crippen LogP) is 4.09. The van der Waals surface area contributed by atoms with E-state index in [1.807, 2.05) is 19.9 Å². The summed E-state index contributed by atoms with van der Waals surface area (Å²) in [5.41, 5.74) is 1.70. The average molecular weight is 360 g/mol. The molecule has 1 heterocycles. The number of ether oxygens (including phenoxy) is 1. The van der Waals surface area contributed by atoms with Crippen LogP contribution < -0.4 is 4.74 Å². The second-order valence-electron chi connectivity index (χ2n) is 5.80. The van der Waals surface area contributed by atoms with Gasteiger partial charge in [0.15, 0.2) is 5.78 Å². The van der Waals surface area contributed by atoms with Crippen molar-refractivity contribution < 1.29 is 24.5 Å². The number of carbonyl (C=O) groups excluding carboxylic acids is 1. The normalized spacial score (nSPS) is 10.4. The van der Waals surface area contributed by atoms with Crippen molar-refractivity contribution in [3.05, 3.63) is 56.8 Å². The zero-order chi connectivity index (χ0) is 18.6. The maximum absolute atomic E-state index is 12.5. The highest BCUT2D eigenvalue weighted by atomic mass is 32.1. The van der Waals surface area contributed by atoms with Crippen LogP contribution >= 0.6 is 11.3 Å². The minimum atomic E-state index is -1.27. The molecule has 0 fully saturated rings. The number of phenols is 1. The summed E-state index contributed by atoms with van der Waals surface area (Å²) in [6, 6.07) is 4.75. The third-order valence-corrected chi connectivity index (χ3v) is 4.68. The van der Waals surface area contributed by atoms with Crippen LogP contribution in [0.25, 0.3) is 0 Å². The van der Waals surface area contributed by atoms with E-state index < -0.39 is 11.7 Å². The first kappa shape index (κ1) is 18.7. The van der Waals surface area contributed by atoms with Gasteiger partial charge in [0.25, 0.3) is 0 Å². The molecule has 2 N–H and O–H groups in total. The van der Waals surface area contributed by atoms with Crippen LogP contribution in [0.2, 0.25) is 0 Å². The molecule has 6 heteroatoms. The van der Waals surface area contributed by atoms with Gasteiger partial charge in [-0.25, -0.2) is 4.79 Å². The molecule has 0 aliphatic rings. The number of benzene rings is 1. The van der Waals surface area contributed by atoms with E-state index in [1.54, 1.807) is 17.5 Å². The number of methoxy groups -OCH3 is 1. The van der Waals surface area contributed by atoms with Crippen LogP contribution in [-0.4, -0.2) is 29.1 Å². The fraction of sp³-hybridized carbons (Fsp3) is 0.263. The standard InChI is InChI=1S/C19H20O5S/c1-11(2)6-7-12-13(9-14(20)17-5-4-8-25-17)18(19(22)23)15(21)10-16(12)24-3/h4-6,8,10,21H,7,9H2,1-3H3,(H,22,23). The van der Waals surface area contributed by atoms with E-state index in [2.05, 4.69) is 0 Å². The maximum atomic E-state index is 12.5. The van der Waals surface area contributed by atoms with Gasteiger partial charge in [0.05, 0.1) is 12.0 Å². The summed E-state index contributed by atoms with van der Waals surface area (Å²) in [6.45, 7) is 3.86. The minimum absolute atomic E-state index is 0.112. The fourth-order valence-electron chi connectivity index (χ4n) is 2.57. The second-order valence-corrected chi connectivity index (χ2v) is 6.75. The number of aromatic hydroxyl groups is 1. The van der Waals surface area contributed by atoms with Crippen molar-refractivity contribution >= 4 is 23.1 Å². The molecular weight excluding hydrogens is 340 g/mol. The Hall–Kier alpha value is -2.60. The van der Waals surface area contributed by atoms with Gasteiger partial charge in [0.2, 0.25) is 0 Å². The fourth-order valence-corrected chi connectivity index (χ4v) is 3.23. The molecule has 0 amide bonds. The summed E-state index contributed by atoms with van der Waals surface area (Å²) in [7, 11) is 1.45. The van der Waals surface area contributed by atoms with Gasteiger partial charge in [-0.2, -0.15) is 0 Å². The lowest BCUT2D eigenvalue weighted by atomic mass is 9.92. The van der Waals surface area contributed by atoms with Crippen molar-refractivity contribution in [2.75, 3.05) is 7.11 Å². The van der Waals surface area contributed by atoms with Crippen LogP contribution in [0, 0.1) is 0 Å². The molecule has 0 aliphatic carbocycles. The van der Waals surface area contributed by atoms with E-state index in [0.717, 1.165) is 5.57 Å². The van der Waals surface area contributed by atoms with Gasteiger partial charge >= 0.3 is 5.97 Å². The number of Topliss-reactive ketones (excluding diaryl/α,β-unsaturated/α-hetero) is 1. The Morgan fingerprint density at radius 1 is 1.28 bits per heavy atom. The highest BCUT2D eigenvalue weighted by Crippen LogP contribution is 2.35. The third kappa shape index (κ3) is 4.28. The SMILES string of the molecule is COc1cc(O)c(C(=O)O)c(CC(=O)c2cccs2)c1CC=C(C)C. The highest BCUT2D eigenvalue weighted by Gasteiger charge is 2.25. The summed E-state index contributed by atoms with van der Waals surface area (Å²) in [5, 5.41) is 21.5. The summed E-state index contributed by atoms with van der Waals surface area (Å²) in [5.74, 6) is -1.50. The van der Waals surface area contributed by atoms with E-state index in [0.29, 0.717) is 28.2 Å². The summed E-state index contributed by atoms with van der Waals surface area (Å²) in [6.07, 6.45) is 2.23. The van der Waals surface area contributed by atoms with Crippen LogP contribution in [-0.2, 0) is 12.8 Å². The Morgan fingerprint density at radius 2 is 2.00 bits per heavy atom. The number of rotatable bonds is 7. The first-order valence-corrected chi connectivity index (χ1v) is 8.58. The number of allylic oxidation sites excluding steroid dienone is 2. The zero-order valence-electron chi connectivity index (χ0n) is 14.3. The van der Waals surface area contributed by atoms with E-state index in [1.165, 1.54) is 24.5 Å². The van der Waals surface area contributed by atoms with Gasteiger partial charge < -0.3 is 14.9 Å². The zero-order valence-corrected chi connectivity index (χ0v) is 15.1. The Bertz CT molecular complexity index is 815. The van der Waals surface area contributed by atoms with E-state index in [9.17, 15) is 19.8 Å². The lowest BCUT2D eigenvalue weighted by molar-refractivity contribution is 0.0692. The first-order chi connectivity index (χ1) is 11.8. The van der Waals surface area contributed by atoms with E-state index in [-0.39, 0.29) is 17.8 Å². The van der Waals surface area contributed by atoms with Gasteiger partial charge in [-0.1, -0.05) is 17.7 Å². The quantitative estimate of drug-likeness (QED) is 0.574. The minimum Gasteiger partial charge on any atom is -0.507 e. The van der Waals surface area contributed by atoms with Crippen LogP contribution in [0.5, 0.6) is 11.5 Å². The molecule has 132 valence electrons. The van der Waals surface area contributed by atoms with Gasteiger partial charge in [-0.15, -0.1) is 11.3 Å². The largest absolute Gasteiger partial charge is 0.507 e. The first-order valence-electron chi connectivity index (χ1n) is 7.70. The van der Waals surface area contributed by atoms with Crippen molar-refractivity contribution in [3.63, 3.8) is 0 Å². The molecule has 2 rings (SSSR count). The van der Waals surface area contributed by atoms with Crippen molar-refractivity contribution in [2.24, 2.45) is 0 Å². The molecule has 0 atom stereocenters. The Balaban J connectivity index is 2.62. The van der Waals surface area contributed by atoms with Crippen LogP contribution in [0.1, 0.15) is 45.0 Å². The van der Waals surface area contributed by atoms with Crippen molar-refractivity contribution in [3.8, 4) is 11.5 Å². The maximum Gasteiger partial charge on any atom is 0.339 e. The molecular formula is C19H20O5S. The van der Waals surface area contributed by atoms with E-state index >= 15 is 0 Å². The number of thiophene rings is 1. The molecule has 0 saturated heterocycles. The van der Waals surface area contributed by atoms with Gasteiger partial charge in [0, 0.05) is 18.1 Å². The van der Waals surface area contributed by atoms with Gasteiger partial charge in [0.1, 0.15) is 17.1 Å². The van der Waals surface area contributed by atoms with Gasteiger partial charge in [-0.3, -0.25) is 4.79 Å². The Morgan fingerprint density at radius 3 is 2.52 bits per heavy atom. The summed E-state index contributed by atoms with van der Waals surface area (Å²) < 4.78 is 5.32. The smallest absolute Gasteiger partial charge is 0.339 e. The number of aromatic carboxylic acids is 1. The van der Waals surface area contributed by atoms with Crippen molar-refractivity contribution in [1.29, 1.82) is 0 Å². The average Bonchev–Trinajstić information content (AvgIpc) is 3.07. The molecule has 0 spiro atoms. The van der Waals surface area contributed by atoms with Crippen LogP contribution in [0.4, 0.5) is 0 Å². The van der Waals surface area contributed by atoms with Crippen molar-refractivity contribution in [1.82, 2.24) is 0 Å².